The van der Waals surface area contributed by atoms with Crippen LogP contribution >= 0.6 is 0 Å². The highest BCUT2D eigenvalue weighted by Gasteiger charge is 2.19. The van der Waals surface area contributed by atoms with Gasteiger partial charge >= 0.3 is 0 Å². The van der Waals surface area contributed by atoms with Crippen LogP contribution in [-0.2, 0) is 0 Å². The minimum atomic E-state index is 0.514. The number of rotatable bonds is 2. The third kappa shape index (κ3) is 2.11. The first-order chi connectivity index (χ1) is 8.84. The fourth-order valence-corrected chi connectivity index (χ4v) is 2.43. The Hall–Kier alpha value is -1.81. The molecule has 1 atom stereocenters. The van der Waals surface area contributed by atoms with Crippen molar-refractivity contribution < 1.29 is 0 Å². The molecule has 1 saturated heterocycles. The molecule has 1 aliphatic heterocycles. The number of benzene rings is 1. The van der Waals surface area contributed by atoms with Crippen LogP contribution in [0.15, 0.2) is 42.7 Å². The van der Waals surface area contributed by atoms with E-state index in [0.29, 0.717) is 6.04 Å². The molecular formula is C14H18N4. The molecule has 1 aliphatic rings. The topological polar surface area (TPSA) is 33.1 Å². The molecule has 1 aromatic heterocycles. The third-order valence-electron chi connectivity index (χ3n) is 3.31. The van der Waals surface area contributed by atoms with Crippen molar-refractivity contribution in [2.24, 2.45) is 0 Å². The molecule has 1 N–H and O–H groups in total. The summed E-state index contributed by atoms with van der Waals surface area (Å²) in [6, 6.07) is 10.9. The molecule has 0 spiro atoms. The summed E-state index contributed by atoms with van der Waals surface area (Å²) in [5.74, 6) is 1.04. The Morgan fingerprint density at radius 3 is 2.89 bits per heavy atom. The molecule has 94 valence electrons. The molecule has 0 aliphatic carbocycles. The minimum Gasteiger partial charge on any atom is -0.339 e. The maximum Gasteiger partial charge on any atom is 0.210 e. The molecule has 1 fully saturated rings. The number of aromatic nitrogens is 2. The lowest BCUT2D eigenvalue weighted by Gasteiger charge is -2.32. The lowest BCUT2D eigenvalue weighted by atomic mass is 10.2. The van der Waals surface area contributed by atoms with Crippen LogP contribution in [0.3, 0.4) is 0 Å². The van der Waals surface area contributed by atoms with Crippen molar-refractivity contribution in [2.75, 3.05) is 24.5 Å². The average Bonchev–Trinajstić information content (AvgIpc) is 2.89. The van der Waals surface area contributed by atoms with Crippen LogP contribution < -0.4 is 10.2 Å². The van der Waals surface area contributed by atoms with Gasteiger partial charge in [-0.1, -0.05) is 18.2 Å². The number of hydrogen-bond acceptors (Lipinski definition) is 3. The van der Waals surface area contributed by atoms with E-state index in [4.69, 9.17) is 0 Å². The van der Waals surface area contributed by atoms with E-state index in [0.717, 1.165) is 31.3 Å². The first-order valence-corrected chi connectivity index (χ1v) is 6.42. The van der Waals surface area contributed by atoms with Crippen LogP contribution in [0.2, 0.25) is 0 Å². The summed E-state index contributed by atoms with van der Waals surface area (Å²) in [4.78, 5) is 6.85. The Morgan fingerprint density at radius 1 is 1.28 bits per heavy atom. The van der Waals surface area contributed by atoms with Crippen molar-refractivity contribution in [3.63, 3.8) is 0 Å². The maximum absolute atomic E-state index is 4.51. The minimum absolute atomic E-state index is 0.514. The lowest BCUT2D eigenvalue weighted by Crippen LogP contribution is -2.50. The van der Waals surface area contributed by atoms with Gasteiger partial charge in [0.25, 0.3) is 0 Å². The van der Waals surface area contributed by atoms with Gasteiger partial charge in [0.05, 0.1) is 0 Å². The van der Waals surface area contributed by atoms with Crippen LogP contribution in [-0.4, -0.2) is 35.2 Å². The second kappa shape index (κ2) is 4.82. The number of anilines is 1. The SMILES string of the molecule is C[C@@H]1CN(c2nccn2-c2ccccc2)CCN1. The summed E-state index contributed by atoms with van der Waals surface area (Å²) in [7, 11) is 0. The smallest absolute Gasteiger partial charge is 0.210 e. The molecule has 0 unspecified atom stereocenters. The van der Waals surface area contributed by atoms with E-state index < -0.39 is 0 Å². The number of para-hydroxylation sites is 1. The van der Waals surface area contributed by atoms with Crippen LogP contribution in [0.25, 0.3) is 5.69 Å². The quantitative estimate of drug-likeness (QED) is 0.869. The molecule has 4 heteroatoms. The van der Waals surface area contributed by atoms with Crippen molar-refractivity contribution in [2.45, 2.75) is 13.0 Å². The summed E-state index contributed by atoms with van der Waals surface area (Å²) in [5.41, 5.74) is 1.16. The van der Waals surface area contributed by atoms with Gasteiger partial charge in [0.1, 0.15) is 0 Å². The zero-order valence-electron chi connectivity index (χ0n) is 10.6. The number of piperazine rings is 1. The van der Waals surface area contributed by atoms with Gasteiger partial charge in [-0.15, -0.1) is 0 Å². The van der Waals surface area contributed by atoms with E-state index in [1.165, 1.54) is 0 Å². The highest BCUT2D eigenvalue weighted by molar-refractivity contribution is 5.44. The van der Waals surface area contributed by atoms with Gasteiger partial charge in [-0.3, -0.25) is 4.57 Å². The average molecular weight is 242 g/mol. The van der Waals surface area contributed by atoms with Crippen molar-refractivity contribution in [3.05, 3.63) is 42.7 Å². The first-order valence-electron chi connectivity index (χ1n) is 6.42. The first kappa shape index (κ1) is 11.3. The predicted molar refractivity (Wildman–Crippen MR) is 73.2 cm³/mol. The Labute approximate surface area is 107 Å². The normalized spacial score (nSPS) is 20.1. The van der Waals surface area contributed by atoms with Crippen LogP contribution in [0.5, 0.6) is 0 Å². The largest absolute Gasteiger partial charge is 0.339 e. The molecule has 1 aromatic carbocycles. The Balaban J connectivity index is 1.92. The van der Waals surface area contributed by atoms with Crippen LogP contribution in [0.4, 0.5) is 5.95 Å². The molecule has 3 rings (SSSR count). The molecule has 18 heavy (non-hydrogen) atoms. The summed E-state index contributed by atoms with van der Waals surface area (Å²) in [5, 5.41) is 3.45. The maximum atomic E-state index is 4.51. The van der Waals surface area contributed by atoms with Gasteiger partial charge < -0.3 is 10.2 Å². The number of imidazole rings is 1. The zero-order valence-corrected chi connectivity index (χ0v) is 10.6. The monoisotopic (exact) mass is 242 g/mol. The lowest BCUT2D eigenvalue weighted by molar-refractivity contribution is 0.478. The highest BCUT2D eigenvalue weighted by Crippen LogP contribution is 2.19. The molecule has 4 nitrogen and oxygen atoms in total. The Bertz CT molecular complexity index is 506. The van der Waals surface area contributed by atoms with Gasteiger partial charge in [-0.2, -0.15) is 0 Å². The van der Waals surface area contributed by atoms with E-state index in [1.807, 2.05) is 18.5 Å². The van der Waals surface area contributed by atoms with Gasteiger partial charge in [0.2, 0.25) is 5.95 Å². The van der Waals surface area contributed by atoms with Crippen molar-refractivity contribution >= 4 is 5.95 Å². The molecule has 2 heterocycles. The third-order valence-corrected chi connectivity index (χ3v) is 3.31. The molecule has 0 amide bonds. The van der Waals surface area contributed by atoms with E-state index in [2.05, 4.69) is 51.0 Å². The van der Waals surface area contributed by atoms with Crippen LogP contribution in [0.1, 0.15) is 6.92 Å². The van der Waals surface area contributed by atoms with E-state index in [9.17, 15) is 0 Å². The van der Waals surface area contributed by atoms with Gasteiger partial charge in [-0.05, 0) is 19.1 Å². The molecule has 2 aromatic rings. The van der Waals surface area contributed by atoms with Crippen LogP contribution in [0, 0.1) is 0 Å². The fraction of sp³-hybridized carbons (Fsp3) is 0.357. The summed E-state index contributed by atoms with van der Waals surface area (Å²) in [6.07, 6.45) is 3.90. The van der Waals surface area contributed by atoms with Crippen molar-refractivity contribution in [3.8, 4) is 5.69 Å². The zero-order chi connectivity index (χ0) is 12.4. The number of nitrogens with one attached hydrogen (secondary N) is 1. The molecule has 0 radical (unpaired) electrons. The number of hydrogen-bond donors (Lipinski definition) is 1. The summed E-state index contributed by atoms with van der Waals surface area (Å²) < 4.78 is 2.15. The molecule has 0 saturated carbocycles. The van der Waals surface area contributed by atoms with Gasteiger partial charge in [0, 0.05) is 43.8 Å². The van der Waals surface area contributed by atoms with E-state index in [1.54, 1.807) is 0 Å². The summed E-state index contributed by atoms with van der Waals surface area (Å²) in [6.45, 7) is 5.24. The summed E-state index contributed by atoms with van der Waals surface area (Å²) >= 11 is 0. The van der Waals surface area contributed by atoms with Crippen molar-refractivity contribution in [1.29, 1.82) is 0 Å². The van der Waals surface area contributed by atoms with Gasteiger partial charge in [0.15, 0.2) is 0 Å². The Morgan fingerprint density at radius 2 is 2.11 bits per heavy atom. The number of nitrogens with zero attached hydrogens (tertiary/aromatic N) is 3. The fourth-order valence-electron chi connectivity index (χ4n) is 2.43. The standard InChI is InChI=1S/C14H18N4/c1-12-11-17(9-7-15-12)14-16-8-10-18(14)13-5-3-2-4-6-13/h2-6,8,10,12,15H,7,9,11H2,1H3/t12-/m1/s1. The van der Waals surface area contributed by atoms with E-state index >= 15 is 0 Å². The Kier molecular flexibility index (Phi) is 3.02. The van der Waals surface area contributed by atoms with Crippen molar-refractivity contribution in [1.82, 2.24) is 14.9 Å². The van der Waals surface area contributed by atoms with Gasteiger partial charge in [-0.25, -0.2) is 4.98 Å². The molecular weight excluding hydrogens is 224 g/mol. The second-order valence-corrected chi connectivity index (χ2v) is 4.73. The second-order valence-electron chi connectivity index (χ2n) is 4.73. The molecule has 0 bridgehead atoms. The highest BCUT2D eigenvalue weighted by atomic mass is 15.3. The predicted octanol–water partition coefficient (Wildman–Crippen LogP) is 1.67. The van der Waals surface area contributed by atoms with E-state index in [-0.39, 0.29) is 0 Å².